The summed E-state index contributed by atoms with van der Waals surface area (Å²) >= 11 is 0. The zero-order chi connectivity index (χ0) is 18.9. The van der Waals surface area contributed by atoms with Crippen LogP contribution in [0.3, 0.4) is 0 Å². The van der Waals surface area contributed by atoms with E-state index in [1.54, 1.807) is 30.3 Å². The fourth-order valence-corrected chi connectivity index (χ4v) is 2.58. The Kier molecular flexibility index (Phi) is 4.52. The van der Waals surface area contributed by atoms with Crippen molar-refractivity contribution in [3.05, 3.63) is 78.0 Å². The van der Waals surface area contributed by atoms with E-state index in [-0.39, 0.29) is 5.56 Å². The fourth-order valence-electron chi connectivity index (χ4n) is 2.58. The maximum Gasteiger partial charge on any atom is 0.432 e. The van der Waals surface area contributed by atoms with Gasteiger partial charge in [0, 0.05) is 6.20 Å². The standard InChI is InChI=1S/C18H12F6N2/c19-17(20,21)13-8-6-12(7-9-13)15-10-11-26(14-4-2-1-3-5-14)25-16(15)18(22,23)24/h1-11,15H. The van der Waals surface area contributed by atoms with Crippen LogP contribution in [0.15, 0.2) is 72.0 Å². The average Bonchev–Trinajstić information content (AvgIpc) is 2.61. The summed E-state index contributed by atoms with van der Waals surface area (Å²) in [6.07, 6.45) is -6.64. The van der Waals surface area contributed by atoms with Crippen LogP contribution in [0.4, 0.5) is 32.0 Å². The Hall–Kier alpha value is -2.77. The molecule has 0 fully saturated rings. The van der Waals surface area contributed by atoms with Gasteiger partial charge in [0.1, 0.15) is 0 Å². The minimum absolute atomic E-state index is 0.0815. The van der Waals surface area contributed by atoms with E-state index in [1.807, 2.05) is 0 Å². The lowest BCUT2D eigenvalue weighted by Gasteiger charge is -2.27. The largest absolute Gasteiger partial charge is 0.432 e. The fraction of sp³-hybridized carbons (Fsp3) is 0.167. The van der Waals surface area contributed by atoms with Crippen LogP contribution in [-0.2, 0) is 6.18 Å². The molecule has 2 aromatic carbocycles. The molecule has 1 atom stereocenters. The molecule has 0 aliphatic carbocycles. The van der Waals surface area contributed by atoms with Gasteiger partial charge in [0.25, 0.3) is 0 Å². The summed E-state index contributed by atoms with van der Waals surface area (Å²) in [7, 11) is 0. The van der Waals surface area contributed by atoms with Gasteiger partial charge in [-0.2, -0.15) is 31.4 Å². The summed E-state index contributed by atoms with van der Waals surface area (Å²) in [4.78, 5) is 0. The van der Waals surface area contributed by atoms with E-state index in [0.29, 0.717) is 5.69 Å². The molecule has 0 amide bonds. The number of benzene rings is 2. The third-order valence-corrected chi connectivity index (χ3v) is 3.84. The van der Waals surface area contributed by atoms with Crippen LogP contribution in [-0.4, -0.2) is 11.9 Å². The number of rotatable bonds is 2. The molecule has 2 aromatic rings. The van der Waals surface area contributed by atoms with Crippen LogP contribution in [0.1, 0.15) is 17.0 Å². The van der Waals surface area contributed by atoms with Gasteiger partial charge in [0.15, 0.2) is 5.71 Å². The lowest BCUT2D eigenvalue weighted by molar-refractivity contribution is -0.137. The number of hydrogen-bond donors (Lipinski definition) is 0. The van der Waals surface area contributed by atoms with Crippen LogP contribution in [0, 0.1) is 0 Å². The molecule has 0 N–H and O–H groups in total. The summed E-state index contributed by atoms with van der Waals surface area (Å²) in [6.45, 7) is 0. The number of anilines is 1. The van der Waals surface area contributed by atoms with E-state index in [1.165, 1.54) is 12.3 Å². The van der Waals surface area contributed by atoms with Gasteiger partial charge in [-0.15, -0.1) is 0 Å². The molecule has 0 bridgehead atoms. The van der Waals surface area contributed by atoms with Crippen molar-refractivity contribution in [1.29, 1.82) is 0 Å². The first-order valence-electron chi connectivity index (χ1n) is 7.52. The van der Waals surface area contributed by atoms with Crippen molar-refractivity contribution in [2.45, 2.75) is 18.3 Å². The Balaban J connectivity index is 1.96. The summed E-state index contributed by atoms with van der Waals surface area (Å²) < 4.78 is 78.3. The number of allylic oxidation sites excluding steroid dienone is 1. The van der Waals surface area contributed by atoms with Crippen molar-refractivity contribution >= 4 is 11.4 Å². The average molecular weight is 370 g/mol. The summed E-state index contributed by atoms with van der Waals surface area (Å²) in [5.74, 6) is -1.28. The van der Waals surface area contributed by atoms with Gasteiger partial charge in [-0.05, 0) is 29.8 Å². The SMILES string of the molecule is FC(F)(F)C1=NN(c2ccccc2)C=CC1c1ccc(C(F)(F)F)cc1. The zero-order valence-corrected chi connectivity index (χ0v) is 13.1. The predicted octanol–water partition coefficient (Wildman–Crippen LogP) is 5.74. The summed E-state index contributed by atoms with van der Waals surface area (Å²) in [6, 6.07) is 11.8. The minimum Gasteiger partial charge on any atom is -0.241 e. The van der Waals surface area contributed by atoms with E-state index >= 15 is 0 Å². The second kappa shape index (κ2) is 6.51. The van der Waals surface area contributed by atoms with Gasteiger partial charge in [-0.25, -0.2) is 5.01 Å². The molecule has 0 radical (unpaired) electrons. The molecule has 1 heterocycles. The maximum atomic E-state index is 13.5. The molecule has 136 valence electrons. The van der Waals surface area contributed by atoms with Crippen LogP contribution < -0.4 is 5.01 Å². The molecule has 0 saturated carbocycles. The molecule has 1 unspecified atom stereocenters. The molecular formula is C18H12F6N2. The normalized spacial score (nSPS) is 18.0. The van der Waals surface area contributed by atoms with Crippen molar-refractivity contribution in [1.82, 2.24) is 0 Å². The lowest BCUT2D eigenvalue weighted by atomic mass is 9.92. The van der Waals surface area contributed by atoms with Crippen molar-refractivity contribution < 1.29 is 26.3 Å². The molecule has 2 nitrogen and oxygen atoms in total. The summed E-state index contributed by atoms with van der Waals surface area (Å²) in [5.41, 5.74) is -1.49. The number of halogens is 6. The van der Waals surface area contributed by atoms with E-state index in [2.05, 4.69) is 5.10 Å². The Morgan fingerprint density at radius 1 is 0.769 bits per heavy atom. The molecule has 8 heteroatoms. The molecular weight excluding hydrogens is 358 g/mol. The Morgan fingerprint density at radius 3 is 1.92 bits per heavy atom. The van der Waals surface area contributed by atoms with E-state index in [4.69, 9.17) is 0 Å². The van der Waals surface area contributed by atoms with Gasteiger partial charge < -0.3 is 0 Å². The van der Waals surface area contributed by atoms with Crippen molar-refractivity contribution in [2.75, 3.05) is 5.01 Å². The smallest absolute Gasteiger partial charge is 0.241 e. The van der Waals surface area contributed by atoms with E-state index in [9.17, 15) is 26.3 Å². The minimum atomic E-state index is -4.73. The lowest BCUT2D eigenvalue weighted by Crippen LogP contribution is -2.34. The Labute approximate surface area is 145 Å². The van der Waals surface area contributed by atoms with Crippen molar-refractivity contribution in [3.8, 4) is 0 Å². The van der Waals surface area contributed by atoms with Crippen molar-refractivity contribution in [2.24, 2.45) is 5.10 Å². The maximum absolute atomic E-state index is 13.5. The van der Waals surface area contributed by atoms with Gasteiger partial charge in [-0.3, -0.25) is 0 Å². The number of hydrazone groups is 1. The first-order chi connectivity index (χ1) is 12.2. The first-order valence-corrected chi connectivity index (χ1v) is 7.52. The van der Waals surface area contributed by atoms with Crippen LogP contribution in [0.5, 0.6) is 0 Å². The van der Waals surface area contributed by atoms with Gasteiger partial charge in [0.05, 0.1) is 17.2 Å². The van der Waals surface area contributed by atoms with Crippen LogP contribution in [0.25, 0.3) is 0 Å². The topological polar surface area (TPSA) is 15.6 Å². The molecule has 1 aliphatic rings. The third kappa shape index (κ3) is 3.74. The number of alkyl halides is 6. The number of para-hydroxylation sites is 1. The van der Waals surface area contributed by atoms with Gasteiger partial charge in [0.2, 0.25) is 0 Å². The number of hydrogen-bond acceptors (Lipinski definition) is 2. The molecule has 0 saturated heterocycles. The van der Waals surface area contributed by atoms with Gasteiger partial charge in [-0.1, -0.05) is 36.4 Å². The second-order valence-electron chi connectivity index (χ2n) is 5.60. The third-order valence-electron chi connectivity index (χ3n) is 3.84. The highest BCUT2D eigenvalue weighted by Gasteiger charge is 2.43. The highest BCUT2D eigenvalue weighted by molar-refractivity contribution is 5.98. The molecule has 3 rings (SSSR count). The highest BCUT2D eigenvalue weighted by atomic mass is 19.4. The first kappa shape index (κ1) is 18.0. The highest BCUT2D eigenvalue weighted by Crippen LogP contribution is 2.36. The van der Waals surface area contributed by atoms with Crippen molar-refractivity contribution in [3.63, 3.8) is 0 Å². The van der Waals surface area contributed by atoms with E-state index in [0.717, 1.165) is 29.3 Å². The molecule has 0 aromatic heterocycles. The van der Waals surface area contributed by atoms with E-state index < -0.39 is 29.5 Å². The second-order valence-corrected chi connectivity index (χ2v) is 5.60. The predicted molar refractivity (Wildman–Crippen MR) is 85.7 cm³/mol. The monoisotopic (exact) mass is 370 g/mol. The Bertz CT molecular complexity index is 820. The van der Waals surface area contributed by atoms with Gasteiger partial charge >= 0.3 is 12.4 Å². The summed E-state index contributed by atoms with van der Waals surface area (Å²) in [5, 5.41) is 4.75. The Morgan fingerprint density at radius 2 is 1.38 bits per heavy atom. The molecule has 26 heavy (non-hydrogen) atoms. The quantitative estimate of drug-likeness (QED) is 0.616. The van der Waals surface area contributed by atoms with Crippen LogP contribution >= 0.6 is 0 Å². The zero-order valence-electron chi connectivity index (χ0n) is 13.1. The molecule has 0 spiro atoms. The molecule has 1 aliphatic heterocycles. The number of nitrogens with zero attached hydrogens (tertiary/aromatic N) is 2. The van der Waals surface area contributed by atoms with Crippen LogP contribution in [0.2, 0.25) is 0 Å².